The molecule has 4 nitrogen and oxygen atoms in total. The second-order valence-corrected chi connectivity index (χ2v) is 4.20. The standard InChI is InChI=1S/C9H13NO3S/c11-7(3-8-5-10-6-14-8)4-9-12-1-2-13-9/h5-7,9,11H,1-4H2. The number of nitrogens with zero attached hydrogens (tertiary/aromatic N) is 1. The van der Waals surface area contributed by atoms with Gasteiger partial charge in [0.25, 0.3) is 0 Å². The van der Waals surface area contributed by atoms with E-state index in [4.69, 9.17) is 9.47 Å². The lowest BCUT2D eigenvalue weighted by atomic mass is 10.1. The molecule has 14 heavy (non-hydrogen) atoms. The van der Waals surface area contributed by atoms with Crippen molar-refractivity contribution in [2.24, 2.45) is 0 Å². The van der Waals surface area contributed by atoms with Gasteiger partial charge in [-0.1, -0.05) is 0 Å². The molecule has 1 N–H and O–H groups in total. The Kier molecular flexibility index (Phi) is 3.47. The first-order valence-electron chi connectivity index (χ1n) is 4.63. The Balaban J connectivity index is 1.75. The fraction of sp³-hybridized carbons (Fsp3) is 0.667. The van der Waals surface area contributed by atoms with Gasteiger partial charge in [-0.3, -0.25) is 4.98 Å². The van der Waals surface area contributed by atoms with Gasteiger partial charge in [0.15, 0.2) is 6.29 Å². The van der Waals surface area contributed by atoms with Crippen LogP contribution < -0.4 is 0 Å². The largest absolute Gasteiger partial charge is 0.393 e. The smallest absolute Gasteiger partial charge is 0.160 e. The zero-order valence-electron chi connectivity index (χ0n) is 7.76. The van der Waals surface area contributed by atoms with Crippen molar-refractivity contribution in [3.05, 3.63) is 16.6 Å². The zero-order chi connectivity index (χ0) is 9.80. The molecule has 1 atom stereocenters. The van der Waals surface area contributed by atoms with Gasteiger partial charge < -0.3 is 14.6 Å². The number of ether oxygens (including phenoxy) is 2. The molecular weight excluding hydrogens is 202 g/mol. The highest BCUT2D eigenvalue weighted by atomic mass is 32.1. The molecule has 0 radical (unpaired) electrons. The molecule has 1 unspecified atom stereocenters. The highest BCUT2D eigenvalue weighted by Gasteiger charge is 2.20. The van der Waals surface area contributed by atoms with Crippen LogP contribution in [-0.2, 0) is 15.9 Å². The molecule has 0 aromatic carbocycles. The number of hydrogen-bond donors (Lipinski definition) is 1. The van der Waals surface area contributed by atoms with E-state index < -0.39 is 6.10 Å². The topological polar surface area (TPSA) is 51.6 Å². The molecule has 78 valence electrons. The van der Waals surface area contributed by atoms with Crippen LogP contribution in [0, 0.1) is 0 Å². The van der Waals surface area contributed by atoms with Gasteiger partial charge in [-0.05, 0) is 0 Å². The minimum atomic E-state index is -0.404. The molecule has 1 saturated heterocycles. The van der Waals surface area contributed by atoms with Crippen LogP contribution in [0.15, 0.2) is 11.7 Å². The number of thiazole rings is 1. The molecule has 2 rings (SSSR count). The number of hydrogen-bond acceptors (Lipinski definition) is 5. The molecule has 1 fully saturated rings. The van der Waals surface area contributed by atoms with E-state index in [2.05, 4.69) is 4.98 Å². The summed E-state index contributed by atoms with van der Waals surface area (Å²) >= 11 is 1.56. The minimum Gasteiger partial charge on any atom is -0.393 e. The molecule has 0 aliphatic carbocycles. The summed E-state index contributed by atoms with van der Waals surface area (Å²) in [5.74, 6) is 0. The van der Waals surface area contributed by atoms with Crippen LogP contribution in [0.25, 0.3) is 0 Å². The molecule has 2 heterocycles. The average molecular weight is 215 g/mol. The second kappa shape index (κ2) is 4.84. The molecule has 1 aromatic rings. The van der Waals surface area contributed by atoms with Gasteiger partial charge in [0.1, 0.15) is 0 Å². The van der Waals surface area contributed by atoms with E-state index in [1.54, 1.807) is 23.0 Å². The summed E-state index contributed by atoms with van der Waals surface area (Å²) in [6.07, 6.45) is 2.33. The van der Waals surface area contributed by atoms with Crippen LogP contribution >= 0.6 is 11.3 Å². The van der Waals surface area contributed by atoms with Crippen molar-refractivity contribution in [3.8, 4) is 0 Å². The van der Waals surface area contributed by atoms with E-state index in [1.807, 2.05) is 0 Å². The fourth-order valence-electron chi connectivity index (χ4n) is 1.42. The number of aromatic nitrogens is 1. The van der Waals surface area contributed by atoms with Gasteiger partial charge in [0, 0.05) is 23.9 Å². The Hall–Kier alpha value is -0.490. The minimum absolute atomic E-state index is 0.224. The Labute approximate surface area is 86.5 Å². The summed E-state index contributed by atoms with van der Waals surface area (Å²) in [5, 5.41) is 9.70. The Morgan fingerprint density at radius 3 is 3.00 bits per heavy atom. The van der Waals surface area contributed by atoms with E-state index in [9.17, 15) is 5.11 Å². The lowest BCUT2D eigenvalue weighted by molar-refractivity contribution is -0.0697. The summed E-state index contributed by atoms with van der Waals surface area (Å²) in [4.78, 5) is 5.05. The summed E-state index contributed by atoms with van der Waals surface area (Å²) in [5.41, 5.74) is 1.77. The molecule has 0 amide bonds. The van der Waals surface area contributed by atoms with E-state index in [-0.39, 0.29) is 6.29 Å². The third kappa shape index (κ3) is 2.75. The predicted octanol–water partition coefficient (Wildman–Crippen LogP) is 0.809. The van der Waals surface area contributed by atoms with Crippen LogP contribution in [0.5, 0.6) is 0 Å². The van der Waals surface area contributed by atoms with Gasteiger partial charge in [0.05, 0.1) is 24.8 Å². The zero-order valence-corrected chi connectivity index (χ0v) is 8.57. The van der Waals surface area contributed by atoms with Crippen molar-refractivity contribution in [3.63, 3.8) is 0 Å². The van der Waals surface area contributed by atoms with Crippen molar-refractivity contribution < 1.29 is 14.6 Å². The van der Waals surface area contributed by atoms with Crippen LogP contribution in [0.1, 0.15) is 11.3 Å². The molecule has 0 saturated carbocycles. The predicted molar refractivity (Wildman–Crippen MR) is 52.1 cm³/mol. The lowest BCUT2D eigenvalue weighted by Gasteiger charge is -2.13. The van der Waals surface area contributed by atoms with E-state index in [0.29, 0.717) is 26.1 Å². The van der Waals surface area contributed by atoms with Crippen molar-refractivity contribution in [2.45, 2.75) is 25.2 Å². The maximum atomic E-state index is 9.70. The van der Waals surface area contributed by atoms with Crippen LogP contribution in [0.3, 0.4) is 0 Å². The lowest BCUT2D eigenvalue weighted by Crippen LogP contribution is -2.20. The van der Waals surface area contributed by atoms with E-state index >= 15 is 0 Å². The van der Waals surface area contributed by atoms with Crippen molar-refractivity contribution in [1.29, 1.82) is 0 Å². The first-order valence-corrected chi connectivity index (χ1v) is 5.51. The molecule has 1 aliphatic heterocycles. The van der Waals surface area contributed by atoms with E-state index in [1.165, 1.54) is 0 Å². The van der Waals surface area contributed by atoms with Gasteiger partial charge in [-0.25, -0.2) is 0 Å². The van der Waals surface area contributed by atoms with Crippen molar-refractivity contribution in [2.75, 3.05) is 13.2 Å². The summed E-state index contributed by atoms with van der Waals surface area (Å²) in [7, 11) is 0. The third-order valence-corrected chi connectivity index (χ3v) is 2.88. The third-order valence-electron chi connectivity index (χ3n) is 2.08. The molecule has 5 heteroatoms. The summed E-state index contributed by atoms with van der Waals surface area (Å²) in [6.45, 7) is 1.27. The molecule has 0 spiro atoms. The van der Waals surface area contributed by atoms with Crippen molar-refractivity contribution >= 4 is 11.3 Å². The monoisotopic (exact) mass is 215 g/mol. The van der Waals surface area contributed by atoms with E-state index in [0.717, 1.165) is 4.88 Å². The first-order chi connectivity index (χ1) is 6.84. The van der Waals surface area contributed by atoms with Gasteiger partial charge >= 0.3 is 0 Å². The highest BCUT2D eigenvalue weighted by molar-refractivity contribution is 7.09. The van der Waals surface area contributed by atoms with Crippen LogP contribution in [0.2, 0.25) is 0 Å². The van der Waals surface area contributed by atoms with Gasteiger partial charge in [-0.15, -0.1) is 11.3 Å². The maximum absolute atomic E-state index is 9.70. The molecular formula is C9H13NO3S. The van der Waals surface area contributed by atoms with Gasteiger partial charge in [-0.2, -0.15) is 0 Å². The molecule has 0 bridgehead atoms. The normalized spacial score (nSPS) is 20.1. The number of aliphatic hydroxyl groups excluding tert-OH is 1. The summed E-state index contributed by atoms with van der Waals surface area (Å²) < 4.78 is 10.5. The fourth-order valence-corrected chi connectivity index (χ4v) is 2.09. The Morgan fingerprint density at radius 1 is 1.57 bits per heavy atom. The molecule has 1 aliphatic rings. The summed E-state index contributed by atoms with van der Waals surface area (Å²) in [6, 6.07) is 0. The second-order valence-electron chi connectivity index (χ2n) is 3.23. The van der Waals surface area contributed by atoms with Gasteiger partial charge in [0.2, 0.25) is 0 Å². The quantitative estimate of drug-likeness (QED) is 0.807. The molecule has 1 aromatic heterocycles. The van der Waals surface area contributed by atoms with Crippen LogP contribution in [0.4, 0.5) is 0 Å². The Morgan fingerprint density at radius 2 is 2.36 bits per heavy atom. The number of rotatable bonds is 4. The first kappa shape index (κ1) is 10.0. The maximum Gasteiger partial charge on any atom is 0.160 e. The highest BCUT2D eigenvalue weighted by Crippen LogP contribution is 2.15. The van der Waals surface area contributed by atoms with Crippen molar-refractivity contribution in [1.82, 2.24) is 4.98 Å². The Bertz CT molecular complexity index is 259. The SMILES string of the molecule is OC(Cc1cncs1)CC1OCCO1. The average Bonchev–Trinajstić information content (AvgIpc) is 2.76. The number of aliphatic hydroxyl groups is 1. The van der Waals surface area contributed by atoms with Crippen LogP contribution in [-0.4, -0.2) is 35.7 Å².